The molecule has 2 atom stereocenters. The summed E-state index contributed by atoms with van der Waals surface area (Å²) in [4.78, 5) is 11.8. The molecule has 2 aliphatic rings. The van der Waals surface area contributed by atoms with Crippen LogP contribution in [0, 0.1) is 0 Å². The van der Waals surface area contributed by atoms with Crippen molar-refractivity contribution in [1.82, 2.24) is 5.32 Å². The van der Waals surface area contributed by atoms with Gasteiger partial charge in [-0.05, 0) is 47.7 Å². The van der Waals surface area contributed by atoms with Gasteiger partial charge in [0, 0.05) is 24.7 Å². The number of benzene rings is 2. The SMILES string of the molecule is CC12NC(Cc3ccc(NC(=O)CCN)cc31)c1ccccc12. The van der Waals surface area contributed by atoms with Gasteiger partial charge in [-0.3, -0.25) is 10.1 Å². The quantitative estimate of drug-likeness (QED) is 0.816. The number of rotatable bonds is 3. The minimum absolute atomic E-state index is 0.0360. The molecule has 2 bridgehead atoms. The fraction of sp³-hybridized carbons (Fsp3) is 0.316. The predicted octanol–water partition coefficient (Wildman–Crippen LogP) is 2.44. The van der Waals surface area contributed by atoms with Crippen LogP contribution in [0.3, 0.4) is 0 Å². The first-order valence-corrected chi connectivity index (χ1v) is 8.12. The maximum Gasteiger partial charge on any atom is 0.225 e. The predicted molar refractivity (Wildman–Crippen MR) is 91.2 cm³/mol. The van der Waals surface area contributed by atoms with Gasteiger partial charge in [-0.2, -0.15) is 0 Å². The molecular weight excluding hydrogens is 286 g/mol. The highest BCUT2D eigenvalue weighted by Crippen LogP contribution is 2.48. The molecule has 1 amide bonds. The van der Waals surface area contributed by atoms with Gasteiger partial charge >= 0.3 is 0 Å². The summed E-state index contributed by atoms with van der Waals surface area (Å²) in [5, 5.41) is 6.71. The first-order chi connectivity index (χ1) is 11.1. The van der Waals surface area contributed by atoms with Crippen molar-refractivity contribution in [2.24, 2.45) is 5.73 Å². The van der Waals surface area contributed by atoms with E-state index in [9.17, 15) is 4.79 Å². The molecule has 4 nitrogen and oxygen atoms in total. The molecule has 4 rings (SSSR count). The van der Waals surface area contributed by atoms with Crippen LogP contribution in [0.1, 0.15) is 41.6 Å². The molecule has 2 heterocycles. The Morgan fingerprint density at radius 3 is 2.96 bits per heavy atom. The fourth-order valence-corrected chi connectivity index (χ4v) is 4.02. The normalized spacial score (nSPS) is 24.0. The van der Waals surface area contributed by atoms with E-state index < -0.39 is 0 Å². The van der Waals surface area contributed by atoms with E-state index in [1.54, 1.807) is 0 Å². The van der Waals surface area contributed by atoms with Gasteiger partial charge in [-0.15, -0.1) is 0 Å². The van der Waals surface area contributed by atoms with Crippen LogP contribution in [0.5, 0.6) is 0 Å². The number of hydrogen-bond donors (Lipinski definition) is 3. The van der Waals surface area contributed by atoms with Gasteiger partial charge in [0.15, 0.2) is 0 Å². The summed E-state index contributed by atoms with van der Waals surface area (Å²) in [5.74, 6) is -0.0360. The second-order valence-corrected chi connectivity index (χ2v) is 6.57. The van der Waals surface area contributed by atoms with Crippen LogP contribution in [0.4, 0.5) is 5.69 Å². The highest BCUT2D eigenvalue weighted by Gasteiger charge is 2.45. The van der Waals surface area contributed by atoms with Crippen LogP contribution in [-0.2, 0) is 16.8 Å². The summed E-state index contributed by atoms with van der Waals surface area (Å²) in [6.45, 7) is 2.60. The lowest BCUT2D eigenvalue weighted by molar-refractivity contribution is -0.116. The second kappa shape index (κ2) is 5.18. The van der Waals surface area contributed by atoms with Gasteiger partial charge in [0.1, 0.15) is 0 Å². The average Bonchev–Trinajstić information content (AvgIpc) is 2.78. The third-order valence-electron chi connectivity index (χ3n) is 5.07. The van der Waals surface area contributed by atoms with Crippen LogP contribution in [-0.4, -0.2) is 12.5 Å². The number of amides is 1. The van der Waals surface area contributed by atoms with E-state index in [2.05, 4.69) is 54.0 Å². The summed E-state index contributed by atoms with van der Waals surface area (Å²) >= 11 is 0. The van der Waals surface area contributed by atoms with Gasteiger partial charge < -0.3 is 11.1 Å². The lowest BCUT2D eigenvalue weighted by Gasteiger charge is -2.35. The Morgan fingerprint density at radius 2 is 2.13 bits per heavy atom. The largest absolute Gasteiger partial charge is 0.330 e. The summed E-state index contributed by atoms with van der Waals surface area (Å²) in [7, 11) is 0. The van der Waals surface area contributed by atoms with E-state index in [1.165, 1.54) is 22.3 Å². The molecular formula is C19H21N3O. The maximum absolute atomic E-state index is 11.8. The summed E-state index contributed by atoms with van der Waals surface area (Å²) < 4.78 is 0. The monoisotopic (exact) mass is 307 g/mol. The van der Waals surface area contributed by atoms with Crippen molar-refractivity contribution in [2.45, 2.75) is 31.3 Å². The van der Waals surface area contributed by atoms with Crippen LogP contribution >= 0.6 is 0 Å². The summed E-state index contributed by atoms with van der Waals surface area (Å²) in [6.07, 6.45) is 1.33. The Balaban J connectivity index is 1.76. The lowest BCUT2D eigenvalue weighted by Crippen LogP contribution is -2.41. The van der Waals surface area contributed by atoms with Crippen LogP contribution in [0.2, 0.25) is 0 Å². The molecule has 0 saturated heterocycles. The Kier molecular flexibility index (Phi) is 3.25. The van der Waals surface area contributed by atoms with Crippen molar-refractivity contribution in [1.29, 1.82) is 0 Å². The molecule has 2 unspecified atom stereocenters. The number of hydrogen-bond acceptors (Lipinski definition) is 3. The number of anilines is 1. The Bertz CT molecular complexity index is 786. The first-order valence-electron chi connectivity index (χ1n) is 8.12. The van der Waals surface area contributed by atoms with Crippen molar-refractivity contribution < 1.29 is 4.79 Å². The smallest absolute Gasteiger partial charge is 0.225 e. The molecule has 0 fully saturated rings. The lowest BCUT2D eigenvalue weighted by atomic mass is 9.82. The molecule has 0 aromatic heterocycles. The van der Waals surface area contributed by atoms with Crippen molar-refractivity contribution in [3.63, 3.8) is 0 Å². The summed E-state index contributed by atoms with van der Waals surface area (Å²) in [6, 6.07) is 15.2. The maximum atomic E-state index is 11.8. The van der Waals surface area contributed by atoms with Gasteiger partial charge in [-0.1, -0.05) is 30.3 Å². The van der Waals surface area contributed by atoms with Gasteiger partial charge in [0.05, 0.1) is 5.54 Å². The summed E-state index contributed by atoms with van der Waals surface area (Å²) in [5.41, 5.74) is 11.4. The van der Waals surface area contributed by atoms with Crippen molar-refractivity contribution in [3.05, 3.63) is 64.7 Å². The zero-order valence-electron chi connectivity index (χ0n) is 13.2. The third-order valence-corrected chi connectivity index (χ3v) is 5.07. The van der Waals surface area contributed by atoms with E-state index in [4.69, 9.17) is 5.73 Å². The molecule has 0 spiro atoms. The average molecular weight is 307 g/mol. The highest BCUT2D eigenvalue weighted by molar-refractivity contribution is 5.91. The number of nitrogens with two attached hydrogens (primary N) is 1. The molecule has 23 heavy (non-hydrogen) atoms. The fourth-order valence-electron chi connectivity index (χ4n) is 4.02. The number of carbonyl (C=O) groups is 1. The Labute approximate surface area is 136 Å². The van der Waals surface area contributed by atoms with Crippen LogP contribution in [0.25, 0.3) is 0 Å². The Morgan fingerprint density at radius 1 is 1.30 bits per heavy atom. The van der Waals surface area contributed by atoms with Gasteiger partial charge in [0.25, 0.3) is 0 Å². The minimum atomic E-state index is -0.191. The highest BCUT2D eigenvalue weighted by atomic mass is 16.1. The molecule has 4 heteroatoms. The molecule has 2 aromatic rings. The molecule has 118 valence electrons. The first kappa shape index (κ1) is 14.4. The van der Waals surface area contributed by atoms with Crippen LogP contribution in [0.15, 0.2) is 42.5 Å². The molecule has 0 radical (unpaired) electrons. The van der Waals surface area contributed by atoms with Crippen LogP contribution < -0.4 is 16.4 Å². The zero-order valence-corrected chi connectivity index (χ0v) is 13.2. The minimum Gasteiger partial charge on any atom is -0.330 e. The Hall–Kier alpha value is -2.17. The van der Waals surface area contributed by atoms with E-state index in [0.29, 0.717) is 19.0 Å². The second-order valence-electron chi connectivity index (χ2n) is 6.57. The topological polar surface area (TPSA) is 67.1 Å². The standard InChI is InChI=1S/C19H21N3O/c1-19-15-5-3-2-4-14(15)17(22-19)10-12-6-7-13(11-16(12)19)21-18(23)8-9-20/h2-7,11,17,22H,8-10,20H2,1H3,(H,21,23). The van der Waals surface area contributed by atoms with E-state index in [1.807, 2.05) is 6.07 Å². The number of carbonyl (C=O) groups excluding carboxylic acids is 1. The van der Waals surface area contributed by atoms with Crippen molar-refractivity contribution >= 4 is 11.6 Å². The van der Waals surface area contributed by atoms with Crippen molar-refractivity contribution in [2.75, 3.05) is 11.9 Å². The van der Waals surface area contributed by atoms with E-state index in [-0.39, 0.29) is 11.4 Å². The van der Waals surface area contributed by atoms with Crippen molar-refractivity contribution in [3.8, 4) is 0 Å². The molecule has 2 aliphatic heterocycles. The van der Waals surface area contributed by atoms with E-state index >= 15 is 0 Å². The number of fused-ring (bicyclic) bond motifs is 7. The number of nitrogens with one attached hydrogen (secondary N) is 2. The van der Waals surface area contributed by atoms with Gasteiger partial charge in [0.2, 0.25) is 5.91 Å². The van der Waals surface area contributed by atoms with E-state index in [0.717, 1.165) is 12.1 Å². The molecule has 0 aliphatic carbocycles. The third kappa shape index (κ3) is 2.18. The molecule has 0 saturated carbocycles. The molecule has 2 aromatic carbocycles. The zero-order chi connectivity index (χ0) is 16.0. The van der Waals surface area contributed by atoms with Gasteiger partial charge in [-0.25, -0.2) is 0 Å². The molecule has 4 N–H and O–H groups in total.